The van der Waals surface area contributed by atoms with E-state index in [0.717, 1.165) is 37.9 Å². The van der Waals surface area contributed by atoms with Crippen molar-refractivity contribution in [2.24, 2.45) is 29.6 Å². The van der Waals surface area contributed by atoms with Crippen molar-refractivity contribution in [3.63, 3.8) is 0 Å². The van der Waals surface area contributed by atoms with Gasteiger partial charge < -0.3 is 10.6 Å². The molecular formula is C15H26N2O. The fourth-order valence-corrected chi connectivity index (χ4v) is 4.26. The van der Waals surface area contributed by atoms with Crippen LogP contribution in [0.3, 0.4) is 0 Å². The number of carbonyl (C=O) groups excluding carboxylic acids is 1. The number of rotatable bonds is 3. The number of fused-ring (bicyclic) bond motifs is 2. The Labute approximate surface area is 110 Å². The highest BCUT2D eigenvalue weighted by atomic mass is 16.1. The summed E-state index contributed by atoms with van der Waals surface area (Å²) in [5.74, 6) is 3.63. The minimum atomic E-state index is 0.343. The van der Waals surface area contributed by atoms with Gasteiger partial charge in [-0.25, -0.2) is 0 Å². The third-order valence-electron chi connectivity index (χ3n) is 5.60. The summed E-state index contributed by atoms with van der Waals surface area (Å²) in [6, 6.07) is 0. The Kier molecular flexibility index (Phi) is 3.60. The number of hydrogen-bond acceptors (Lipinski definition) is 2. The minimum absolute atomic E-state index is 0.343. The summed E-state index contributed by atoms with van der Waals surface area (Å²) in [7, 11) is 0. The summed E-state index contributed by atoms with van der Waals surface area (Å²) in [5, 5.41) is 6.66. The summed E-state index contributed by atoms with van der Waals surface area (Å²) in [6.45, 7) is 5.40. The van der Waals surface area contributed by atoms with Crippen molar-refractivity contribution in [1.82, 2.24) is 10.6 Å². The summed E-state index contributed by atoms with van der Waals surface area (Å²) >= 11 is 0. The van der Waals surface area contributed by atoms with Gasteiger partial charge in [0.1, 0.15) is 0 Å². The Bertz CT molecular complexity index is 318. The lowest BCUT2D eigenvalue weighted by atomic mass is 9.86. The summed E-state index contributed by atoms with van der Waals surface area (Å²) in [5.41, 5.74) is 0. The summed E-state index contributed by atoms with van der Waals surface area (Å²) < 4.78 is 0. The van der Waals surface area contributed by atoms with Crippen molar-refractivity contribution in [3.05, 3.63) is 0 Å². The molecular weight excluding hydrogens is 224 g/mol. The Balaban J connectivity index is 1.46. The van der Waals surface area contributed by atoms with Crippen molar-refractivity contribution >= 4 is 5.91 Å². The smallest absolute Gasteiger partial charge is 0.223 e. The molecule has 1 amide bonds. The van der Waals surface area contributed by atoms with E-state index in [2.05, 4.69) is 17.6 Å². The van der Waals surface area contributed by atoms with Gasteiger partial charge in [0.15, 0.2) is 0 Å². The lowest BCUT2D eigenvalue weighted by Gasteiger charge is -2.30. The van der Waals surface area contributed by atoms with Gasteiger partial charge in [0.05, 0.1) is 0 Å². The molecule has 2 saturated carbocycles. The largest absolute Gasteiger partial charge is 0.356 e. The van der Waals surface area contributed by atoms with E-state index in [-0.39, 0.29) is 0 Å². The molecule has 102 valence electrons. The molecule has 0 spiro atoms. The van der Waals surface area contributed by atoms with Crippen LogP contribution in [-0.2, 0) is 4.79 Å². The molecule has 3 rings (SSSR count). The third-order valence-corrected chi connectivity index (χ3v) is 5.60. The van der Waals surface area contributed by atoms with E-state index >= 15 is 0 Å². The van der Waals surface area contributed by atoms with E-state index in [1.165, 1.54) is 25.7 Å². The van der Waals surface area contributed by atoms with Gasteiger partial charge in [0, 0.05) is 12.5 Å². The van der Waals surface area contributed by atoms with Gasteiger partial charge in [0.2, 0.25) is 5.91 Å². The topological polar surface area (TPSA) is 41.1 Å². The number of hydrogen-bond donors (Lipinski definition) is 2. The van der Waals surface area contributed by atoms with Gasteiger partial charge in [-0.1, -0.05) is 13.3 Å². The molecule has 1 heterocycles. The maximum absolute atomic E-state index is 12.3. The van der Waals surface area contributed by atoms with Crippen molar-refractivity contribution in [3.8, 4) is 0 Å². The number of piperidine rings is 1. The molecule has 3 nitrogen and oxygen atoms in total. The van der Waals surface area contributed by atoms with Crippen LogP contribution in [0.25, 0.3) is 0 Å². The Morgan fingerprint density at radius 2 is 2.17 bits per heavy atom. The van der Waals surface area contributed by atoms with Crippen molar-refractivity contribution in [1.29, 1.82) is 0 Å². The van der Waals surface area contributed by atoms with Crippen LogP contribution in [0.15, 0.2) is 0 Å². The molecule has 3 heteroatoms. The van der Waals surface area contributed by atoms with E-state index in [1.807, 2.05) is 0 Å². The molecule has 2 N–H and O–H groups in total. The molecule has 1 aliphatic heterocycles. The van der Waals surface area contributed by atoms with Crippen LogP contribution in [-0.4, -0.2) is 25.5 Å². The zero-order valence-electron chi connectivity index (χ0n) is 11.5. The number of nitrogens with one attached hydrogen (secondary N) is 2. The second kappa shape index (κ2) is 5.20. The molecule has 3 fully saturated rings. The number of carbonyl (C=O) groups is 1. The Hall–Kier alpha value is -0.570. The summed E-state index contributed by atoms with van der Waals surface area (Å²) in [6.07, 6.45) is 6.39. The minimum Gasteiger partial charge on any atom is -0.356 e. The Morgan fingerprint density at radius 1 is 1.28 bits per heavy atom. The second-order valence-corrected chi connectivity index (χ2v) is 6.76. The zero-order chi connectivity index (χ0) is 12.5. The Morgan fingerprint density at radius 3 is 2.83 bits per heavy atom. The van der Waals surface area contributed by atoms with Gasteiger partial charge in [0.25, 0.3) is 0 Å². The molecule has 2 aliphatic carbocycles. The van der Waals surface area contributed by atoms with E-state index in [9.17, 15) is 4.79 Å². The lowest BCUT2D eigenvalue weighted by Crippen LogP contribution is -2.44. The van der Waals surface area contributed by atoms with Crippen molar-refractivity contribution in [2.45, 2.75) is 39.0 Å². The van der Waals surface area contributed by atoms with Crippen LogP contribution in [0.5, 0.6) is 0 Å². The van der Waals surface area contributed by atoms with Crippen LogP contribution >= 0.6 is 0 Å². The fourth-order valence-electron chi connectivity index (χ4n) is 4.26. The van der Waals surface area contributed by atoms with Crippen molar-refractivity contribution < 1.29 is 4.79 Å². The monoisotopic (exact) mass is 250 g/mol. The van der Waals surface area contributed by atoms with Crippen LogP contribution in [0.1, 0.15) is 39.0 Å². The van der Waals surface area contributed by atoms with E-state index in [0.29, 0.717) is 23.7 Å². The maximum atomic E-state index is 12.3. The first-order valence-electron chi connectivity index (χ1n) is 7.72. The highest BCUT2D eigenvalue weighted by molar-refractivity contribution is 5.79. The lowest BCUT2D eigenvalue weighted by molar-refractivity contribution is -0.126. The van der Waals surface area contributed by atoms with Gasteiger partial charge in [-0.2, -0.15) is 0 Å². The van der Waals surface area contributed by atoms with Crippen LogP contribution in [0, 0.1) is 29.6 Å². The van der Waals surface area contributed by atoms with Crippen LogP contribution in [0.4, 0.5) is 0 Å². The maximum Gasteiger partial charge on any atom is 0.223 e. The average molecular weight is 250 g/mol. The molecule has 1 saturated heterocycles. The predicted molar refractivity (Wildman–Crippen MR) is 72.1 cm³/mol. The van der Waals surface area contributed by atoms with Crippen LogP contribution < -0.4 is 10.6 Å². The fraction of sp³-hybridized carbons (Fsp3) is 0.933. The van der Waals surface area contributed by atoms with E-state index in [1.54, 1.807) is 0 Å². The van der Waals surface area contributed by atoms with E-state index < -0.39 is 0 Å². The molecule has 5 atom stereocenters. The van der Waals surface area contributed by atoms with Crippen LogP contribution in [0.2, 0.25) is 0 Å². The van der Waals surface area contributed by atoms with Crippen molar-refractivity contribution in [2.75, 3.05) is 19.6 Å². The van der Waals surface area contributed by atoms with Gasteiger partial charge in [-0.15, -0.1) is 0 Å². The molecule has 0 aromatic heterocycles. The molecule has 18 heavy (non-hydrogen) atoms. The highest BCUT2D eigenvalue weighted by Gasteiger charge is 2.43. The standard InChI is InChI=1S/C15H26N2O/c1-10-4-5-16-8-13(10)9-17-15(18)14-7-11-2-3-12(14)6-11/h10-14,16H,2-9H2,1H3,(H,17,18). The quantitative estimate of drug-likeness (QED) is 0.802. The molecule has 5 unspecified atom stereocenters. The molecule has 2 bridgehead atoms. The zero-order valence-corrected chi connectivity index (χ0v) is 11.5. The SMILES string of the molecule is CC1CCNCC1CNC(=O)C1CC2CCC1C2. The summed E-state index contributed by atoms with van der Waals surface area (Å²) in [4.78, 5) is 12.3. The molecule has 0 aromatic carbocycles. The molecule has 0 radical (unpaired) electrons. The molecule has 0 aromatic rings. The first kappa shape index (κ1) is 12.5. The first-order chi connectivity index (χ1) is 8.74. The number of amides is 1. The van der Waals surface area contributed by atoms with Gasteiger partial charge in [-0.3, -0.25) is 4.79 Å². The molecule has 3 aliphatic rings. The van der Waals surface area contributed by atoms with Gasteiger partial charge >= 0.3 is 0 Å². The second-order valence-electron chi connectivity index (χ2n) is 6.76. The highest BCUT2D eigenvalue weighted by Crippen LogP contribution is 2.48. The van der Waals surface area contributed by atoms with Gasteiger partial charge in [-0.05, 0) is 62.4 Å². The third kappa shape index (κ3) is 2.42. The normalized spacial score (nSPS) is 43.1. The van der Waals surface area contributed by atoms with E-state index in [4.69, 9.17) is 0 Å². The average Bonchev–Trinajstić information content (AvgIpc) is 2.99. The first-order valence-corrected chi connectivity index (χ1v) is 7.72. The predicted octanol–water partition coefficient (Wildman–Crippen LogP) is 1.78.